The minimum atomic E-state index is -0.867. The zero-order valence-corrected chi connectivity index (χ0v) is 27.4. The number of hydrogen-bond acceptors (Lipinski definition) is 5. The highest BCUT2D eigenvalue weighted by atomic mass is 16.5. The number of ether oxygens (including phenoxy) is 1. The number of fused-ring (bicyclic) bond motifs is 1. The van der Waals surface area contributed by atoms with Gasteiger partial charge in [0.15, 0.2) is 0 Å². The van der Waals surface area contributed by atoms with Crippen LogP contribution < -0.4 is 9.64 Å². The van der Waals surface area contributed by atoms with Crippen LogP contribution in [0.25, 0.3) is 0 Å². The second-order valence-corrected chi connectivity index (χ2v) is 13.3. The molecule has 2 amide bonds. The van der Waals surface area contributed by atoms with E-state index in [4.69, 9.17) is 4.74 Å². The Labute approximate surface area is 263 Å². The first-order valence-corrected chi connectivity index (χ1v) is 16.1. The maximum atomic E-state index is 14.2. The summed E-state index contributed by atoms with van der Waals surface area (Å²) in [6.07, 6.45) is 3.12. The molecular weight excluding hydrogens is 556 g/mol. The summed E-state index contributed by atoms with van der Waals surface area (Å²) in [5.41, 5.74) is 4.12. The first kappa shape index (κ1) is 33.5. The molecule has 2 heterocycles. The average molecular weight is 608 g/mol. The summed E-state index contributed by atoms with van der Waals surface area (Å²) in [5.74, 6) is -1.05. The van der Waals surface area contributed by atoms with E-state index < -0.39 is 17.9 Å². The van der Waals surface area contributed by atoms with Crippen molar-refractivity contribution in [3.05, 3.63) is 59.2 Å². The first-order chi connectivity index (χ1) is 20.9. The van der Waals surface area contributed by atoms with Crippen LogP contribution >= 0.6 is 0 Å². The summed E-state index contributed by atoms with van der Waals surface area (Å²) in [5, 5.41) is 10.6. The van der Waals surface area contributed by atoms with E-state index in [0.29, 0.717) is 39.2 Å². The molecule has 2 aromatic rings. The van der Waals surface area contributed by atoms with Crippen molar-refractivity contribution in [3.63, 3.8) is 0 Å². The SMILES string of the molecule is CCCCN(C(=O)CN1CC(c2ccc3c(c2)CCO3)C(C(=O)O)C1CCN(CC)C(C)=O)c1cccc(C[N+](C)(C)C)c1. The monoisotopic (exact) mass is 607 g/mol. The third-order valence-corrected chi connectivity index (χ3v) is 8.95. The lowest BCUT2D eigenvalue weighted by Crippen LogP contribution is -2.46. The van der Waals surface area contributed by atoms with E-state index >= 15 is 0 Å². The Morgan fingerprint density at radius 1 is 1.07 bits per heavy atom. The second-order valence-electron chi connectivity index (χ2n) is 13.3. The number of carboxylic acids is 1. The van der Waals surface area contributed by atoms with Crippen LogP contribution in [0.15, 0.2) is 42.5 Å². The number of unbranched alkanes of at least 4 members (excludes halogenated alkanes) is 1. The van der Waals surface area contributed by atoms with Gasteiger partial charge < -0.3 is 24.1 Å². The minimum Gasteiger partial charge on any atom is -0.493 e. The van der Waals surface area contributed by atoms with E-state index in [-0.39, 0.29) is 24.3 Å². The van der Waals surface area contributed by atoms with Crippen molar-refractivity contribution in [2.45, 2.75) is 65.0 Å². The third kappa shape index (κ3) is 8.18. The van der Waals surface area contributed by atoms with Gasteiger partial charge >= 0.3 is 5.97 Å². The highest BCUT2D eigenvalue weighted by molar-refractivity contribution is 5.95. The van der Waals surface area contributed by atoms with Crippen molar-refractivity contribution in [2.75, 3.05) is 65.4 Å². The molecular formula is C35H51N4O5+. The van der Waals surface area contributed by atoms with E-state index in [2.05, 4.69) is 51.2 Å². The number of amides is 2. The number of benzene rings is 2. The number of carbonyl (C=O) groups is 3. The topological polar surface area (TPSA) is 90.4 Å². The summed E-state index contributed by atoms with van der Waals surface area (Å²) in [6, 6.07) is 13.8. The molecule has 3 unspecified atom stereocenters. The van der Waals surface area contributed by atoms with Crippen molar-refractivity contribution >= 4 is 23.5 Å². The Morgan fingerprint density at radius 3 is 2.50 bits per heavy atom. The summed E-state index contributed by atoms with van der Waals surface area (Å²) in [6.45, 7) is 9.26. The highest BCUT2D eigenvalue weighted by Gasteiger charge is 2.47. The number of carbonyl (C=O) groups excluding carboxylic acids is 2. The number of hydrogen-bond donors (Lipinski definition) is 1. The number of anilines is 1. The predicted octanol–water partition coefficient (Wildman–Crippen LogP) is 4.39. The number of carboxylic acid groups (broad SMARTS) is 1. The van der Waals surface area contributed by atoms with Crippen LogP contribution in [-0.4, -0.2) is 104 Å². The van der Waals surface area contributed by atoms with Gasteiger partial charge in [-0.05, 0) is 49.1 Å². The Hall–Kier alpha value is -3.43. The van der Waals surface area contributed by atoms with Crippen molar-refractivity contribution in [3.8, 4) is 5.75 Å². The predicted molar refractivity (Wildman–Crippen MR) is 173 cm³/mol. The van der Waals surface area contributed by atoms with E-state index in [0.717, 1.165) is 52.9 Å². The molecule has 1 fully saturated rings. The Morgan fingerprint density at radius 2 is 1.84 bits per heavy atom. The molecule has 0 bridgehead atoms. The van der Waals surface area contributed by atoms with E-state index in [1.165, 1.54) is 5.56 Å². The first-order valence-electron chi connectivity index (χ1n) is 16.1. The standard InChI is InChI=1S/C35H50N4O5/c1-7-9-17-38(29-12-10-11-26(20-29)24-39(4,5)6)33(41)23-37-22-30(27-13-14-32-28(21-27)16-19-44-32)34(35(42)43)31(37)15-18-36(8-2)25(3)40/h10-14,20-21,30-31,34H,7-9,15-19,22-24H2,1-6H3/p+1. The van der Waals surface area contributed by atoms with Gasteiger partial charge in [-0.2, -0.15) is 0 Å². The van der Waals surface area contributed by atoms with Crippen molar-refractivity contribution in [1.82, 2.24) is 9.80 Å². The molecule has 2 aliphatic rings. The van der Waals surface area contributed by atoms with Crippen LogP contribution in [0.4, 0.5) is 5.69 Å². The molecule has 3 atom stereocenters. The van der Waals surface area contributed by atoms with Gasteiger partial charge in [0, 0.05) is 62.7 Å². The molecule has 9 heteroatoms. The van der Waals surface area contributed by atoms with E-state index in [1.54, 1.807) is 11.8 Å². The van der Waals surface area contributed by atoms with Crippen LogP contribution in [0.1, 0.15) is 62.6 Å². The van der Waals surface area contributed by atoms with Crippen LogP contribution in [-0.2, 0) is 27.3 Å². The summed E-state index contributed by atoms with van der Waals surface area (Å²) < 4.78 is 6.49. The molecule has 1 saturated heterocycles. The molecule has 2 aromatic carbocycles. The van der Waals surface area contributed by atoms with Crippen LogP contribution in [0.5, 0.6) is 5.75 Å². The van der Waals surface area contributed by atoms with E-state index in [1.807, 2.05) is 36.1 Å². The van der Waals surface area contributed by atoms with Crippen LogP contribution in [0, 0.1) is 5.92 Å². The number of nitrogens with zero attached hydrogens (tertiary/aromatic N) is 4. The highest BCUT2D eigenvalue weighted by Crippen LogP contribution is 2.41. The summed E-state index contributed by atoms with van der Waals surface area (Å²) in [7, 11) is 6.44. The smallest absolute Gasteiger partial charge is 0.308 e. The van der Waals surface area contributed by atoms with Crippen molar-refractivity contribution < 1.29 is 28.7 Å². The van der Waals surface area contributed by atoms with Crippen molar-refractivity contribution in [2.24, 2.45) is 5.92 Å². The summed E-state index contributed by atoms with van der Waals surface area (Å²) >= 11 is 0. The maximum absolute atomic E-state index is 14.2. The molecule has 44 heavy (non-hydrogen) atoms. The Bertz CT molecular complexity index is 1320. The number of quaternary nitrogens is 1. The largest absolute Gasteiger partial charge is 0.493 e. The summed E-state index contributed by atoms with van der Waals surface area (Å²) in [4.78, 5) is 45.0. The molecule has 1 N–H and O–H groups in total. The van der Waals surface area contributed by atoms with Crippen LogP contribution in [0.2, 0.25) is 0 Å². The van der Waals surface area contributed by atoms with Gasteiger partial charge in [-0.25, -0.2) is 0 Å². The molecule has 0 aliphatic carbocycles. The molecule has 0 aromatic heterocycles. The van der Waals surface area contributed by atoms with Crippen molar-refractivity contribution in [1.29, 1.82) is 0 Å². The quantitative estimate of drug-likeness (QED) is 0.321. The fraction of sp³-hybridized carbons (Fsp3) is 0.571. The van der Waals surface area contributed by atoms with Gasteiger partial charge in [0.1, 0.15) is 12.3 Å². The zero-order valence-electron chi connectivity index (χ0n) is 27.4. The Kier molecular flexibility index (Phi) is 11.1. The lowest BCUT2D eigenvalue weighted by molar-refractivity contribution is -0.884. The number of rotatable bonds is 14. The van der Waals surface area contributed by atoms with Gasteiger partial charge in [-0.15, -0.1) is 0 Å². The molecule has 4 rings (SSSR count). The van der Waals surface area contributed by atoms with Gasteiger partial charge in [0.05, 0.1) is 40.2 Å². The fourth-order valence-electron chi connectivity index (χ4n) is 6.80. The maximum Gasteiger partial charge on any atom is 0.308 e. The molecule has 0 spiro atoms. The third-order valence-electron chi connectivity index (χ3n) is 8.95. The zero-order chi connectivity index (χ0) is 32.0. The molecule has 0 saturated carbocycles. The van der Waals surface area contributed by atoms with Crippen LogP contribution in [0.3, 0.4) is 0 Å². The average Bonchev–Trinajstić information content (AvgIpc) is 3.57. The minimum absolute atomic E-state index is 0.0306. The normalized spacial score (nSPS) is 19.8. The van der Waals surface area contributed by atoms with Gasteiger partial charge in [0.25, 0.3) is 0 Å². The lowest BCUT2D eigenvalue weighted by Gasteiger charge is -2.31. The number of aliphatic carboxylic acids is 1. The number of likely N-dealkylation sites (tertiary alicyclic amines) is 1. The Balaban J connectivity index is 1.65. The molecule has 0 radical (unpaired) electrons. The van der Waals surface area contributed by atoms with Gasteiger partial charge in [-0.1, -0.05) is 37.6 Å². The molecule has 9 nitrogen and oxygen atoms in total. The van der Waals surface area contributed by atoms with E-state index in [9.17, 15) is 19.5 Å². The fourth-order valence-corrected chi connectivity index (χ4v) is 6.80. The molecule has 2 aliphatic heterocycles. The van der Waals surface area contributed by atoms with Gasteiger partial charge in [-0.3, -0.25) is 19.3 Å². The van der Waals surface area contributed by atoms with Gasteiger partial charge in [0.2, 0.25) is 11.8 Å². The lowest BCUT2D eigenvalue weighted by atomic mass is 9.83. The molecule has 240 valence electrons. The second kappa shape index (κ2) is 14.6.